The van der Waals surface area contributed by atoms with Crippen molar-refractivity contribution in [3.8, 4) is 0 Å². The van der Waals surface area contributed by atoms with Crippen LogP contribution in [0, 0.1) is 0 Å². The number of benzene rings is 2. The van der Waals surface area contributed by atoms with Crippen molar-refractivity contribution >= 4 is 28.4 Å². The monoisotopic (exact) mass is 364 g/mol. The van der Waals surface area contributed by atoms with Crippen molar-refractivity contribution in [1.82, 2.24) is 19.9 Å². The summed E-state index contributed by atoms with van der Waals surface area (Å²) < 4.78 is 1.89. The molecule has 0 saturated heterocycles. The first kappa shape index (κ1) is 16.4. The molecule has 0 fully saturated rings. The number of aromatic amines is 1. The molecule has 0 saturated carbocycles. The lowest BCUT2D eigenvalue weighted by Gasteiger charge is -2.19. The maximum Gasteiger partial charge on any atom is 0.268 e. The molecule has 1 amide bonds. The number of nitrogens with one attached hydrogen (secondary N) is 2. The van der Waals surface area contributed by atoms with E-state index in [2.05, 4.69) is 15.3 Å². The molecule has 2 aromatic heterocycles. The van der Waals surface area contributed by atoms with Crippen molar-refractivity contribution in [3.05, 3.63) is 89.1 Å². The third kappa shape index (κ3) is 3.09. The number of imidazole rings is 1. The summed E-state index contributed by atoms with van der Waals surface area (Å²) in [5.41, 5.74) is 2.35. The molecule has 2 N–H and O–H groups in total. The Morgan fingerprint density at radius 2 is 1.96 bits per heavy atom. The van der Waals surface area contributed by atoms with Crippen molar-refractivity contribution in [2.45, 2.75) is 6.04 Å². The van der Waals surface area contributed by atoms with Crippen molar-refractivity contribution in [1.29, 1.82) is 0 Å². The molecule has 4 aromatic rings. The smallest absolute Gasteiger partial charge is 0.268 e. The molecule has 4 rings (SSSR count). The van der Waals surface area contributed by atoms with E-state index >= 15 is 0 Å². The summed E-state index contributed by atoms with van der Waals surface area (Å²) in [7, 11) is 1.90. The number of carbonyl (C=O) groups excluding carboxylic acids is 1. The van der Waals surface area contributed by atoms with Gasteiger partial charge in [0.05, 0.1) is 0 Å². The van der Waals surface area contributed by atoms with Gasteiger partial charge in [0.25, 0.3) is 5.91 Å². The summed E-state index contributed by atoms with van der Waals surface area (Å²) in [6, 6.07) is 16.7. The van der Waals surface area contributed by atoms with Gasteiger partial charge in [0.2, 0.25) is 0 Å². The molecule has 0 unspecified atom stereocenters. The number of carbonyl (C=O) groups is 1. The normalized spacial score (nSPS) is 12.2. The topological polar surface area (TPSA) is 62.7 Å². The van der Waals surface area contributed by atoms with E-state index in [1.165, 1.54) is 0 Å². The van der Waals surface area contributed by atoms with Crippen LogP contribution in [0.25, 0.3) is 10.9 Å². The van der Waals surface area contributed by atoms with Gasteiger partial charge in [-0.25, -0.2) is 4.98 Å². The van der Waals surface area contributed by atoms with Crippen LogP contribution in [-0.2, 0) is 7.05 Å². The summed E-state index contributed by atoms with van der Waals surface area (Å²) in [6.07, 6.45) is 3.57. The van der Waals surface area contributed by atoms with Crippen LogP contribution in [0.3, 0.4) is 0 Å². The van der Waals surface area contributed by atoms with E-state index in [0.717, 1.165) is 22.3 Å². The molecule has 0 aliphatic heterocycles. The Hall–Kier alpha value is -3.05. The fourth-order valence-corrected chi connectivity index (χ4v) is 3.14. The van der Waals surface area contributed by atoms with Crippen LogP contribution in [0.2, 0.25) is 5.02 Å². The number of H-pyrrole nitrogens is 1. The van der Waals surface area contributed by atoms with Crippen LogP contribution < -0.4 is 5.32 Å². The number of nitrogens with zero attached hydrogens (tertiary/aromatic N) is 2. The minimum Gasteiger partial charge on any atom is -0.351 e. The molecule has 0 radical (unpaired) electrons. The van der Waals surface area contributed by atoms with Crippen LogP contribution in [-0.4, -0.2) is 20.4 Å². The summed E-state index contributed by atoms with van der Waals surface area (Å²) in [6.45, 7) is 0. The predicted molar refractivity (Wildman–Crippen MR) is 102 cm³/mol. The van der Waals surface area contributed by atoms with Crippen LogP contribution in [0.5, 0.6) is 0 Å². The minimum atomic E-state index is -0.383. The first-order valence-corrected chi connectivity index (χ1v) is 8.61. The van der Waals surface area contributed by atoms with Crippen molar-refractivity contribution in [2.24, 2.45) is 7.05 Å². The van der Waals surface area contributed by atoms with E-state index in [4.69, 9.17) is 11.6 Å². The van der Waals surface area contributed by atoms with Gasteiger partial charge in [0.1, 0.15) is 17.6 Å². The molecular formula is C20H17ClN4O. The largest absolute Gasteiger partial charge is 0.351 e. The second-order valence-corrected chi connectivity index (χ2v) is 6.56. The van der Waals surface area contributed by atoms with Gasteiger partial charge >= 0.3 is 0 Å². The Kier molecular flexibility index (Phi) is 4.22. The van der Waals surface area contributed by atoms with E-state index in [9.17, 15) is 4.79 Å². The number of para-hydroxylation sites is 1. The summed E-state index contributed by atoms with van der Waals surface area (Å²) >= 11 is 6.01. The zero-order chi connectivity index (χ0) is 18.1. The van der Waals surface area contributed by atoms with E-state index in [0.29, 0.717) is 10.7 Å². The second kappa shape index (κ2) is 6.69. The van der Waals surface area contributed by atoms with Gasteiger partial charge in [-0.2, -0.15) is 0 Å². The van der Waals surface area contributed by atoms with Crippen LogP contribution in [0.1, 0.15) is 27.9 Å². The highest BCUT2D eigenvalue weighted by atomic mass is 35.5. The van der Waals surface area contributed by atoms with Gasteiger partial charge in [-0.05, 0) is 29.8 Å². The maximum absolute atomic E-state index is 12.9. The van der Waals surface area contributed by atoms with Crippen molar-refractivity contribution in [3.63, 3.8) is 0 Å². The van der Waals surface area contributed by atoms with E-state index in [-0.39, 0.29) is 11.9 Å². The molecule has 6 heteroatoms. The Morgan fingerprint density at radius 3 is 2.65 bits per heavy atom. The molecular weight excluding hydrogens is 348 g/mol. The molecule has 1 atom stereocenters. The highest BCUT2D eigenvalue weighted by Crippen LogP contribution is 2.23. The zero-order valence-electron chi connectivity index (χ0n) is 14.1. The number of aryl methyl sites for hydroxylation is 1. The van der Waals surface area contributed by atoms with Gasteiger partial charge in [-0.3, -0.25) is 4.79 Å². The van der Waals surface area contributed by atoms with Gasteiger partial charge in [-0.15, -0.1) is 0 Å². The lowest BCUT2D eigenvalue weighted by Crippen LogP contribution is -2.31. The summed E-state index contributed by atoms with van der Waals surface area (Å²) in [4.78, 5) is 20.4. The molecule has 130 valence electrons. The van der Waals surface area contributed by atoms with Crippen molar-refractivity contribution in [2.75, 3.05) is 0 Å². The maximum atomic E-state index is 12.9. The second-order valence-electron chi connectivity index (χ2n) is 6.12. The quantitative estimate of drug-likeness (QED) is 0.573. The van der Waals surface area contributed by atoms with Gasteiger partial charge in [-0.1, -0.05) is 41.9 Å². The summed E-state index contributed by atoms with van der Waals surface area (Å²) in [5.74, 6) is 0.556. The lowest BCUT2D eigenvalue weighted by atomic mass is 10.1. The number of halogens is 1. The first-order chi connectivity index (χ1) is 12.6. The third-order valence-electron chi connectivity index (χ3n) is 4.37. The van der Waals surface area contributed by atoms with Crippen molar-refractivity contribution < 1.29 is 4.79 Å². The van der Waals surface area contributed by atoms with E-state index in [1.54, 1.807) is 6.20 Å². The molecule has 0 aliphatic rings. The zero-order valence-corrected chi connectivity index (χ0v) is 14.9. The van der Waals surface area contributed by atoms with Crippen LogP contribution in [0.4, 0.5) is 0 Å². The standard InChI is InChI=1S/C20H17ClN4O/c1-25-11-10-22-19(25)18(13-6-8-15(21)9-7-13)24-20(26)17-12-14-4-2-3-5-16(14)23-17/h2-12,18,23H,1H3,(H,24,26)/t18-/m0/s1. The van der Waals surface area contributed by atoms with Gasteiger partial charge < -0.3 is 14.9 Å². The first-order valence-electron chi connectivity index (χ1n) is 8.23. The Morgan fingerprint density at radius 1 is 1.19 bits per heavy atom. The van der Waals surface area contributed by atoms with Gasteiger partial charge in [0, 0.05) is 35.4 Å². The predicted octanol–water partition coefficient (Wildman–Crippen LogP) is 4.07. The number of aromatic nitrogens is 3. The minimum absolute atomic E-state index is 0.191. The molecule has 5 nitrogen and oxygen atoms in total. The fourth-order valence-electron chi connectivity index (χ4n) is 3.01. The van der Waals surface area contributed by atoms with E-state index < -0.39 is 0 Å². The third-order valence-corrected chi connectivity index (χ3v) is 4.62. The molecule has 0 spiro atoms. The average molecular weight is 365 g/mol. The Bertz CT molecular complexity index is 1030. The molecule has 26 heavy (non-hydrogen) atoms. The number of hydrogen-bond donors (Lipinski definition) is 2. The highest BCUT2D eigenvalue weighted by molar-refractivity contribution is 6.30. The molecule has 2 heterocycles. The molecule has 2 aromatic carbocycles. The summed E-state index contributed by atoms with van der Waals surface area (Å²) in [5, 5.41) is 4.72. The average Bonchev–Trinajstić information content (AvgIpc) is 3.26. The lowest BCUT2D eigenvalue weighted by molar-refractivity contribution is 0.0937. The Labute approximate surface area is 155 Å². The van der Waals surface area contributed by atoms with E-state index in [1.807, 2.05) is 72.4 Å². The molecule has 0 bridgehead atoms. The van der Waals surface area contributed by atoms with Gasteiger partial charge in [0.15, 0.2) is 0 Å². The number of rotatable bonds is 4. The van der Waals surface area contributed by atoms with Crippen LogP contribution >= 0.6 is 11.6 Å². The number of amides is 1. The SMILES string of the molecule is Cn1ccnc1[C@@H](NC(=O)c1cc2ccccc2[nH]1)c1ccc(Cl)cc1. The number of hydrogen-bond acceptors (Lipinski definition) is 2. The number of fused-ring (bicyclic) bond motifs is 1. The fraction of sp³-hybridized carbons (Fsp3) is 0.100. The van der Waals surface area contributed by atoms with Crippen LogP contribution in [0.15, 0.2) is 67.0 Å². The Balaban J connectivity index is 1.69. The molecule has 0 aliphatic carbocycles. The highest BCUT2D eigenvalue weighted by Gasteiger charge is 2.22.